The Balaban J connectivity index is 1.63. The Morgan fingerprint density at radius 1 is 0.930 bits per heavy atom. The maximum absolute atomic E-state index is 14.4. The molecule has 15 nitrogen and oxygen atoms in total. The Morgan fingerprint density at radius 2 is 1.60 bits per heavy atom. The molecular formula is C40H50F2N8O7. The van der Waals surface area contributed by atoms with Gasteiger partial charge in [0.15, 0.2) is 34.4 Å². The van der Waals surface area contributed by atoms with Gasteiger partial charge < -0.3 is 29.0 Å². The van der Waals surface area contributed by atoms with Crippen LogP contribution < -0.4 is 15.1 Å². The first kappa shape index (κ1) is 42.4. The molecule has 0 aliphatic carbocycles. The molecule has 17 heteroatoms. The molecule has 1 saturated heterocycles. The Bertz CT molecular complexity index is 2140. The van der Waals surface area contributed by atoms with Crippen molar-refractivity contribution in [2.75, 3.05) is 30.0 Å². The Hall–Kier alpha value is -5.74. The van der Waals surface area contributed by atoms with Crippen molar-refractivity contribution < 1.29 is 42.2 Å². The average Bonchev–Trinajstić information content (AvgIpc) is 3.53. The van der Waals surface area contributed by atoms with Crippen LogP contribution in [0.1, 0.15) is 80.7 Å². The van der Waals surface area contributed by atoms with E-state index in [0.717, 1.165) is 12.1 Å². The van der Waals surface area contributed by atoms with Crippen LogP contribution in [0.15, 0.2) is 43.1 Å². The lowest BCUT2D eigenvalue weighted by Crippen LogP contribution is -2.65. The summed E-state index contributed by atoms with van der Waals surface area (Å²) in [6.45, 7) is 16.3. The Kier molecular flexibility index (Phi) is 12.2. The highest BCUT2D eigenvalue weighted by atomic mass is 19.2. The maximum atomic E-state index is 14.4. The van der Waals surface area contributed by atoms with E-state index in [0.29, 0.717) is 46.8 Å². The van der Waals surface area contributed by atoms with Gasteiger partial charge in [-0.15, -0.1) is 0 Å². The van der Waals surface area contributed by atoms with Crippen molar-refractivity contribution in [3.8, 4) is 11.3 Å². The van der Waals surface area contributed by atoms with Gasteiger partial charge in [0.05, 0.1) is 37.6 Å². The van der Waals surface area contributed by atoms with Crippen molar-refractivity contribution in [3.05, 3.63) is 60.3 Å². The second-order valence-electron chi connectivity index (χ2n) is 16.5. The Morgan fingerprint density at radius 3 is 2.19 bits per heavy atom. The monoisotopic (exact) mass is 792 g/mol. The van der Waals surface area contributed by atoms with Crippen molar-refractivity contribution >= 4 is 46.7 Å². The van der Waals surface area contributed by atoms with Crippen LogP contribution in [0.25, 0.3) is 22.4 Å². The van der Waals surface area contributed by atoms with Crippen LogP contribution in [0, 0.1) is 23.5 Å². The summed E-state index contributed by atoms with van der Waals surface area (Å²) < 4.78 is 46.1. The lowest BCUT2D eigenvalue weighted by molar-refractivity contribution is -0.130. The molecule has 4 aromatic rings. The number of carbonyl (C=O) groups excluding carboxylic acids is 4. The molecule has 0 bridgehead atoms. The number of benzene rings is 1. The third kappa shape index (κ3) is 9.63. The third-order valence-corrected chi connectivity index (χ3v) is 9.51. The molecule has 2 unspecified atom stereocenters. The van der Waals surface area contributed by atoms with Crippen molar-refractivity contribution in [2.24, 2.45) is 11.8 Å². The number of nitrogens with one attached hydrogen (secondary N) is 1. The molecule has 306 valence electrons. The largest absolute Gasteiger partial charge is 0.453 e. The molecule has 1 aliphatic heterocycles. The molecule has 4 heterocycles. The highest BCUT2D eigenvalue weighted by Gasteiger charge is 2.46. The summed E-state index contributed by atoms with van der Waals surface area (Å²) in [4.78, 5) is 74.4. The lowest BCUT2D eigenvalue weighted by atomic mass is 9.76. The second kappa shape index (κ2) is 16.4. The number of amides is 3. The van der Waals surface area contributed by atoms with Crippen LogP contribution in [0.5, 0.6) is 0 Å². The molecule has 5 rings (SSSR count). The van der Waals surface area contributed by atoms with Crippen molar-refractivity contribution in [2.45, 2.75) is 98.4 Å². The minimum absolute atomic E-state index is 0.000205. The minimum atomic E-state index is -1.29. The van der Waals surface area contributed by atoms with E-state index in [1.807, 2.05) is 25.7 Å². The van der Waals surface area contributed by atoms with E-state index in [1.54, 1.807) is 58.4 Å². The molecule has 2 atom stereocenters. The summed E-state index contributed by atoms with van der Waals surface area (Å²) >= 11 is 0. The minimum Gasteiger partial charge on any atom is -0.453 e. The molecule has 3 aromatic heterocycles. The van der Waals surface area contributed by atoms with Gasteiger partial charge in [-0.25, -0.2) is 38.1 Å². The number of imidazole rings is 1. The number of hydrogen-bond donors (Lipinski definition) is 1. The smallest absolute Gasteiger partial charge is 0.425 e. The molecule has 1 aliphatic rings. The zero-order valence-corrected chi connectivity index (χ0v) is 34.0. The number of nitrogens with zero attached hydrogens (tertiary/aromatic N) is 7. The molecule has 3 amide bonds. The average molecular weight is 793 g/mol. The zero-order valence-electron chi connectivity index (χ0n) is 34.0. The highest BCUT2D eigenvalue weighted by molar-refractivity contribution is 6.12. The number of piperidine rings is 1. The number of ether oxygens (including phenoxy) is 3. The predicted molar refractivity (Wildman–Crippen MR) is 208 cm³/mol. The number of pyridine rings is 1. The van der Waals surface area contributed by atoms with Gasteiger partial charge in [-0.05, 0) is 90.1 Å². The van der Waals surface area contributed by atoms with E-state index in [2.05, 4.69) is 25.3 Å². The fraction of sp³-hybridized carbons (Fsp3) is 0.500. The van der Waals surface area contributed by atoms with Crippen molar-refractivity contribution in [3.63, 3.8) is 0 Å². The maximum Gasteiger partial charge on any atom is 0.425 e. The summed E-state index contributed by atoms with van der Waals surface area (Å²) in [6, 6.07) is 5.19. The van der Waals surface area contributed by atoms with Crippen LogP contribution in [0.4, 0.5) is 34.7 Å². The first-order valence-corrected chi connectivity index (χ1v) is 18.6. The molecule has 1 aromatic carbocycles. The molecule has 1 fully saturated rings. The number of carbonyl (C=O) groups is 4. The van der Waals surface area contributed by atoms with Crippen LogP contribution >= 0.6 is 0 Å². The molecule has 57 heavy (non-hydrogen) atoms. The zero-order chi connectivity index (χ0) is 42.0. The normalized spacial score (nSPS) is 16.6. The summed E-state index contributed by atoms with van der Waals surface area (Å²) in [7, 11) is 1.24. The number of ketones is 1. The quantitative estimate of drug-likeness (QED) is 0.166. The number of Topliss-reactive ketones (excluding diaryl/α,β-unsaturated/α-hetero) is 1. The topological polar surface area (TPSA) is 171 Å². The van der Waals surface area contributed by atoms with E-state index in [1.165, 1.54) is 25.8 Å². The third-order valence-electron chi connectivity index (χ3n) is 9.51. The molecule has 1 N–H and O–H groups in total. The lowest BCUT2D eigenvalue weighted by Gasteiger charge is -2.44. The fourth-order valence-electron chi connectivity index (χ4n) is 6.52. The summed E-state index contributed by atoms with van der Waals surface area (Å²) in [6.07, 6.45) is 2.33. The molecular weight excluding hydrogens is 742 g/mol. The number of alkyl carbamates (subject to hydrolysis) is 1. The van der Waals surface area contributed by atoms with Crippen LogP contribution in [-0.2, 0) is 25.5 Å². The van der Waals surface area contributed by atoms with Gasteiger partial charge in [-0.3, -0.25) is 9.78 Å². The highest BCUT2D eigenvalue weighted by Crippen LogP contribution is 2.35. The van der Waals surface area contributed by atoms with Crippen molar-refractivity contribution in [1.29, 1.82) is 0 Å². The summed E-state index contributed by atoms with van der Waals surface area (Å²) in [5, 5.41) is 2.86. The Labute approximate surface area is 330 Å². The molecule has 0 saturated carbocycles. The van der Waals surface area contributed by atoms with E-state index in [4.69, 9.17) is 14.2 Å². The standard InChI is InChI=1S/C40H50F2N8O7/c1-23(2)24(3)32(51)40(47-35(52)55-10)14-11-15-48(20-40)30-18-43-29(25-12-13-27(41)28(42)16-25)17-26(30)19-49-22-46-31-33(49)44-21-45-34(31)50(36(53)56-38(4,5)6)37(54)57-39(7,8)9/h12-13,16-18,21-24H,11,14-15,19-20H2,1-10H3,(H,47,52). The van der Waals surface area contributed by atoms with Crippen LogP contribution in [0.3, 0.4) is 0 Å². The molecule has 0 spiro atoms. The van der Waals surface area contributed by atoms with Crippen molar-refractivity contribution in [1.82, 2.24) is 29.8 Å². The molecule has 0 radical (unpaired) electrons. The SMILES string of the molecule is COC(=O)NC1(C(=O)C(C)C(C)C)CCCN(c2cnc(-c3ccc(F)c(F)c3)cc2Cn2cnc3c(N(C(=O)OC(C)(C)C)C(=O)OC(C)(C)C)ncnc32)C1. The van der Waals surface area contributed by atoms with Crippen LogP contribution in [0.2, 0.25) is 0 Å². The van der Waals surface area contributed by atoms with Crippen LogP contribution in [-0.4, -0.2) is 85.5 Å². The number of fused-ring (bicyclic) bond motifs is 1. The van der Waals surface area contributed by atoms with Gasteiger partial charge in [-0.1, -0.05) is 20.8 Å². The number of rotatable bonds is 9. The van der Waals surface area contributed by atoms with Gasteiger partial charge in [0.2, 0.25) is 0 Å². The second-order valence-corrected chi connectivity index (χ2v) is 16.5. The van der Waals surface area contributed by atoms with Gasteiger partial charge in [0, 0.05) is 24.6 Å². The van der Waals surface area contributed by atoms with E-state index < -0.39 is 46.7 Å². The first-order chi connectivity index (χ1) is 26.6. The van der Waals surface area contributed by atoms with E-state index in [9.17, 15) is 28.0 Å². The number of halogens is 2. The van der Waals surface area contributed by atoms with Gasteiger partial charge in [0.1, 0.15) is 23.1 Å². The van der Waals surface area contributed by atoms with Gasteiger partial charge in [0.25, 0.3) is 0 Å². The number of aromatic nitrogens is 5. The van der Waals surface area contributed by atoms with Gasteiger partial charge in [-0.2, -0.15) is 4.90 Å². The number of hydrogen-bond acceptors (Lipinski definition) is 12. The number of imide groups is 1. The van der Waals surface area contributed by atoms with Gasteiger partial charge >= 0.3 is 18.3 Å². The van der Waals surface area contributed by atoms with E-state index in [-0.39, 0.29) is 47.7 Å². The van der Waals surface area contributed by atoms with E-state index >= 15 is 0 Å². The predicted octanol–water partition coefficient (Wildman–Crippen LogP) is 7.45. The summed E-state index contributed by atoms with van der Waals surface area (Å²) in [5.74, 6) is -2.75. The first-order valence-electron chi connectivity index (χ1n) is 18.6. The number of methoxy groups -OCH3 is 1. The fourth-order valence-corrected chi connectivity index (χ4v) is 6.52. The number of anilines is 2. The summed E-state index contributed by atoms with van der Waals surface area (Å²) in [5.41, 5.74) is -1.08.